The number of hydrogen-bond donors (Lipinski definition) is 1. The lowest BCUT2D eigenvalue weighted by molar-refractivity contribution is -0.0108. The van der Waals surface area contributed by atoms with Gasteiger partial charge in [-0.05, 0) is 27.3 Å². The molecule has 5 heteroatoms. The highest BCUT2D eigenvalue weighted by molar-refractivity contribution is 5.68. The Hall–Kier alpha value is -0.810. The number of likely N-dealkylation sites (N-methyl/N-ethyl adjacent to an activating group) is 1. The van der Waals surface area contributed by atoms with Crippen molar-refractivity contribution in [2.75, 3.05) is 32.8 Å². The zero-order valence-corrected chi connectivity index (χ0v) is 11.3. The molecule has 0 aromatic rings. The van der Waals surface area contributed by atoms with Crippen LogP contribution in [0.3, 0.4) is 0 Å². The largest absolute Gasteiger partial charge is 0.444 e. The van der Waals surface area contributed by atoms with Crippen molar-refractivity contribution in [3.63, 3.8) is 0 Å². The first kappa shape index (κ1) is 14.3. The number of rotatable bonds is 2. The Labute approximate surface area is 103 Å². The minimum absolute atomic E-state index is 0.0181. The third kappa shape index (κ3) is 4.16. The predicted octanol–water partition coefficient (Wildman–Crippen LogP) is 0.920. The smallest absolute Gasteiger partial charge is 0.410 e. The average molecular weight is 244 g/mol. The summed E-state index contributed by atoms with van der Waals surface area (Å²) in [6, 6.07) is -0.154. The van der Waals surface area contributed by atoms with Crippen LogP contribution in [0.1, 0.15) is 27.7 Å². The zero-order valence-electron chi connectivity index (χ0n) is 11.3. The first-order valence-electron chi connectivity index (χ1n) is 6.20. The van der Waals surface area contributed by atoms with Gasteiger partial charge in [-0.25, -0.2) is 4.79 Å². The fourth-order valence-corrected chi connectivity index (χ4v) is 1.92. The van der Waals surface area contributed by atoms with Gasteiger partial charge in [-0.15, -0.1) is 0 Å². The van der Waals surface area contributed by atoms with Gasteiger partial charge >= 0.3 is 6.09 Å². The second-order valence-electron chi connectivity index (χ2n) is 5.40. The lowest BCUT2D eigenvalue weighted by atomic mass is 10.2. The summed E-state index contributed by atoms with van der Waals surface area (Å²) in [7, 11) is 0. The average Bonchev–Trinajstić information content (AvgIpc) is 2.25. The van der Waals surface area contributed by atoms with Crippen LogP contribution in [-0.4, -0.2) is 65.4 Å². The molecular weight excluding hydrogens is 220 g/mol. The van der Waals surface area contributed by atoms with Crippen molar-refractivity contribution in [2.24, 2.45) is 0 Å². The van der Waals surface area contributed by atoms with Gasteiger partial charge in [-0.1, -0.05) is 6.92 Å². The van der Waals surface area contributed by atoms with Crippen molar-refractivity contribution in [1.82, 2.24) is 9.80 Å². The molecule has 17 heavy (non-hydrogen) atoms. The summed E-state index contributed by atoms with van der Waals surface area (Å²) in [5.41, 5.74) is -0.487. The maximum Gasteiger partial charge on any atom is 0.410 e. The number of piperazine rings is 1. The molecule has 0 radical (unpaired) electrons. The van der Waals surface area contributed by atoms with E-state index in [4.69, 9.17) is 4.74 Å². The normalized spacial score (nSPS) is 22.6. The van der Waals surface area contributed by atoms with Crippen LogP contribution in [-0.2, 0) is 4.74 Å². The summed E-state index contributed by atoms with van der Waals surface area (Å²) in [6.07, 6.45) is -0.327. The monoisotopic (exact) mass is 244 g/mol. The van der Waals surface area contributed by atoms with Crippen molar-refractivity contribution in [1.29, 1.82) is 0 Å². The minimum atomic E-state index is -0.487. The molecule has 1 atom stereocenters. The van der Waals surface area contributed by atoms with Crippen LogP contribution in [0, 0.1) is 0 Å². The van der Waals surface area contributed by atoms with Crippen molar-refractivity contribution in [2.45, 2.75) is 39.3 Å². The number of hydrogen-bond acceptors (Lipinski definition) is 4. The van der Waals surface area contributed by atoms with E-state index in [1.54, 1.807) is 4.90 Å². The van der Waals surface area contributed by atoms with Crippen LogP contribution in [0.4, 0.5) is 4.79 Å². The summed E-state index contributed by atoms with van der Waals surface area (Å²) >= 11 is 0. The van der Waals surface area contributed by atoms with Crippen LogP contribution in [0.25, 0.3) is 0 Å². The molecule has 0 aliphatic carbocycles. The number of carbonyl (C=O) groups excluding carboxylic acids is 1. The first-order chi connectivity index (χ1) is 7.87. The molecule has 1 amide bonds. The highest BCUT2D eigenvalue weighted by atomic mass is 16.6. The van der Waals surface area contributed by atoms with E-state index in [1.165, 1.54) is 0 Å². The number of nitrogens with zero attached hydrogens (tertiary/aromatic N) is 2. The molecule has 0 bridgehead atoms. The SMILES string of the molecule is CCN1CCN(C(=O)OC(C)(C)C)[C@@H](CO)C1. The maximum absolute atomic E-state index is 12.0. The molecule has 0 unspecified atom stereocenters. The van der Waals surface area contributed by atoms with Gasteiger partial charge in [0, 0.05) is 19.6 Å². The fourth-order valence-electron chi connectivity index (χ4n) is 1.92. The topological polar surface area (TPSA) is 53.0 Å². The molecular formula is C12H24N2O3. The molecule has 100 valence electrons. The summed E-state index contributed by atoms with van der Waals surface area (Å²) in [5.74, 6) is 0. The van der Waals surface area contributed by atoms with E-state index in [2.05, 4.69) is 11.8 Å². The van der Waals surface area contributed by atoms with Gasteiger partial charge in [-0.2, -0.15) is 0 Å². The molecule has 1 rings (SSSR count). The Balaban J connectivity index is 2.60. The molecule has 1 aliphatic heterocycles. The molecule has 1 heterocycles. The van der Waals surface area contributed by atoms with Gasteiger partial charge in [0.15, 0.2) is 0 Å². The lowest BCUT2D eigenvalue weighted by Gasteiger charge is -2.40. The van der Waals surface area contributed by atoms with E-state index in [0.29, 0.717) is 13.1 Å². The maximum atomic E-state index is 12.0. The highest BCUT2D eigenvalue weighted by Crippen LogP contribution is 2.15. The van der Waals surface area contributed by atoms with Crippen molar-refractivity contribution < 1.29 is 14.6 Å². The van der Waals surface area contributed by atoms with Crippen molar-refractivity contribution in [3.05, 3.63) is 0 Å². The van der Waals surface area contributed by atoms with Crippen molar-refractivity contribution in [3.8, 4) is 0 Å². The van der Waals surface area contributed by atoms with Gasteiger partial charge in [0.1, 0.15) is 5.60 Å². The molecule has 1 aliphatic rings. The highest BCUT2D eigenvalue weighted by Gasteiger charge is 2.32. The number of aliphatic hydroxyl groups is 1. The Morgan fingerprint density at radius 1 is 1.41 bits per heavy atom. The molecule has 0 aromatic heterocycles. The van der Waals surface area contributed by atoms with Gasteiger partial charge in [-0.3, -0.25) is 4.90 Å². The number of aliphatic hydroxyl groups excluding tert-OH is 1. The Morgan fingerprint density at radius 2 is 2.06 bits per heavy atom. The quantitative estimate of drug-likeness (QED) is 0.785. The van der Waals surface area contributed by atoms with Gasteiger partial charge in [0.05, 0.1) is 12.6 Å². The van der Waals surface area contributed by atoms with Crippen LogP contribution < -0.4 is 0 Å². The number of ether oxygens (including phenoxy) is 1. The molecule has 0 saturated carbocycles. The van der Waals surface area contributed by atoms with E-state index >= 15 is 0 Å². The predicted molar refractivity (Wildman–Crippen MR) is 65.9 cm³/mol. The third-order valence-corrected chi connectivity index (χ3v) is 2.85. The molecule has 1 saturated heterocycles. The number of amides is 1. The summed E-state index contributed by atoms with van der Waals surface area (Å²) < 4.78 is 5.34. The minimum Gasteiger partial charge on any atom is -0.444 e. The molecule has 0 spiro atoms. The van der Waals surface area contributed by atoms with E-state index in [9.17, 15) is 9.90 Å². The number of carbonyl (C=O) groups is 1. The van der Waals surface area contributed by atoms with Gasteiger partial charge in [0.25, 0.3) is 0 Å². The van der Waals surface area contributed by atoms with E-state index < -0.39 is 5.60 Å². The standard InChI is InChI=1S/C12H24N2O3/c1-5-13-6-7-14(10(8-13)9-15)11(16)17-12(2,3)4/h10,15H,5-9H2,1-4H3/t10-/m1/s1. The van der Waals surface area contributed by atoms with Crippen LogP contribution in [0.15, 0.2) is 0 Å². The van der Waals surface area contributed by atoms with Crippen molar-refractivity contribution >= 4 is 6.09 Å². The fraction of sp³-hybridized carbons (Fsp3) is 0.917. The second kappa shape index (κ2) is 5.69. The molecule has 1 N–H and O–H groups in total. The lowest BCUT2D eigenvalue weighted by Crippen LogP contribution is -2.57. The van der Waals surface area contributed by atoms with Crippen LogP contribution in [0.2, 0.25) is 0 Å². The molecule has 5 nitrogen and oxygen atoms in total. The summed E-state index contributed by atoms with van der Waals surface area (Å²) in [5, 5.41) is 9.35. The Morgan fingerprint density at radius 3 is 2.53 bits per heavy atom. The second-order valence-corrected chi connectivity index (χ2v) is 5.40. The molecule has 0 aromatic carbocycles. The molecule has 1 fully saturated rings. The summed E-state index contributed by atoms with van der Waals surface area (Å²) in [4.78, 5) is 15.8. The van der Waals surface area contributed by atoms with Crippen LogP contribution >= 0.6 is 0 Å². The van der Waals surface area contributed by atoms with E-state index in [-0.39, 0.29) is 18.7 Å². The Bertz CT molecular complexity index is 263. The van der Waals surface area contributed by atoms with E-state index in [0.717, 1.165) is 13.1 Å². The van der Waals surface area contributed by atoms with Gasteiger partial charge in [0.2, 0.25) is 0 Å². The van der Waals surface area contributed by atoms with Gasteiger partial charge < -0.3 is 14.7 Å². The first-order valence-corrected chi connectivity index (χ1v) is 6.20. The summed E-state index contributed by atoms with van der Waals surface area (Å²) in [6.45, 7) is 10.7. The Kier molecular flexibility index (Phi) is 4.77. The van der Waals surface area contributed by atoms with E-state index in [1.807, 2.05) is 20.8 Å². The third-order valence-electron chi connectivity index (χ3n) is 2.85. The zero-order chi connectivity index (χ0) is 13.1. The van der Waals surface area contributed by atoms with Crippen LogP contribution in [0.5, 0.6) is 0 Å².